The molecule has 14 heavy (non-hydrogen) atoms. The van der Waals surface area contributed by atoms with Crippen LogP contribution in [0.15, 0.2) is 40.5 Å². The molecule has 0 aliphatic rings. The Bertz CT molecular complexity index is 366. The SMILES string of the molecule is NC(N)=N/N=C/C(=O)c1ccccc1. The maximum Gasteiger partial charge on any atom is 0.211 e. The number of ketones is 1. The van der Waals surface area contributed by atoms with E-state index in [-0.39, 0.29) is 11.7 Å². The zero-order chi connectivity index (χ0) is 10.4. The average molecular weight is 190 g/mol. The molecule has 0 atom stereocenters. The predicted molar refractivity (Wildman–Crippen MR) is 55.1 cm³/mol. The van der Waals surface area contributed by atoms with Crippen LogP contribution in [0.2, 0.25) is 0 Å². The Morgan fingerprint density at radius 3 is 2.43 bits per heavy atom. The molecule has 0 aromatic heterocycles. The van der Waals surface area contributed by atoms with Crippen LogP contribution in [0.5, 0.6) is 0 Å². The van der Waals surface area contributed by atoms with Gasteiger partial charge in [0.15, 0.2) is 0 Å². The van der Waals surface area contributed by atoms with E-state index in [9.17, 15) is 4.79 Å². The fourth-order valence-electron chi connectivity index (χ4n) is 0.825. The number of carbonyl (C=O) groups excluding carboxylic acids is 1. The minimum absolute atomic E-state index is 0.179. The topological polar surface area (TPSA) is 93.8 Å². The smallest absolute Gasteiger partial charge is 0.211 e. The summed E-state index contributed by atoms with van der Waals surface area (Å²) in [6.07, 6.45) is 1.06. The van der Waals surface area contributed by atoms with Crippen molar-refractivity contribution in [3.63, 3.8) is 0 Å². The van der Waals surface area contributed by atoms with Crippen molar-refractivity contribution in [1.82, 2.24) is 0 Å². The first-order chi connectivity index (χ1) is 6.70. The number of guanidine groups is 1. The van der Waals surface area contributed by atoms with E-state index in [1.807, 2.05) is 6.07 Å². The molecule has 1 rings (SSSR count). The Morgan fingerprint density at radius 2 is 1.86 bits per heavy atom. The molecule has 72 valence electrons. The first-order valence-electron chi connectivity index (χ1n) is 3.91. The third kappa shape index (κ3) is 3.06. The highest BCUT2D eigenvalue weighted by atomic mass is 16.1. The van der Waals surface area contributed by atoms with Gasteiger partial charge < -0.3 is 11.5 Å². The predicted octanol–water partition coefficient (Wildman–Crippen LogP) is 0.128. The molecule has 0 saturated heterocycles. The molecule has 5 nitrogen and oxygen atoms in total. The van der Waals surface area contributed by atoms with Crippen LogP contribution in [0.3, 0.4) is 0 Å². The Labute approximate surface area is 81.1 Å². The summed E-state index contributed by atoms with van der Waals surface area (Å²) < 4.78 is 0. The van der Waals surface area contributed by atoms with Gasteiger partial charge in [0.2, 0.25) is 11.7 Å². The molecule has 1 aromatic carbocycles. The van der Waals surface area contributed by atoms with Crippen LogP contribution in [-0.4, -0.2) is 18.0 Å². The van der Waals surface area contributed by atoms with E-state index < -0.39 is 0 Å². The minimum Gasteiger partial charge on any atom is -0.369 e. The van der Waals surface area contributed by atoms with Gasteiger partial charge in [-0.3, -0.25) is 4.79 Å². The van der Waals surface area contributed by atoms with Crippen molar-refractivity contribution in [2.45, 2.75) is 0 Å². The summed E-state index contributed by atoms with van der Waals surface area (Å²) in [6, 6.07) is 8.72. The Hall–Kier alpha value is -2.17. The third-order valence-electron chi connectivity index (χ3n) is 1.41. The van der Waals surface area contributed by atoms with Crippen molar-refractivity contribution in [2.24, 2.45) is 21.7 Å². The van der Waals surface area contributed by atoms with Crippen LogP contribution in [0.25, 0.3) is 0 Å². The Morgan fingerprint density at radius 1 is 1.21 bits per heavy atom. The maximum atomic E-state index is 11.3. The number of Topliss-reactive ketones (excluding diaryl/α,β-unsaturated/α-hetero) is 1. The lowest BCUT2D eigenvalue weighted by Crippen LogP contribution is -2.21. The van der Waals surface area contributed by atoms with Crippen molar-refractivity contribution in [3.05, 3.63) is 35.9 Å². The molecule has 4 N–H and O–H groups in total. The molecule has 0 bridgehead atoms. The fourth-order valence-corrected chi connectivity index (χ4v) is 0.825. The van der Waals surface area contributed by atoms with Crippen molar-refractivity contribution < 1.29 is 4.79 Å². The third-order valence-corrected chi connectivity index (χ3v) is 1.41. The Balaban J connectivity index is 2.69. The molecule has 0 aliphatic heterocycles. The summed E-state index contributed by atoms with van der Waals surface area (Å²) in [5.41, 5.74) is 10.6. The Kier molecular flexibility index (Phi) is 3.37. The number of rotatable bonds is 3. The molecular formula is C9H10N4O. The highest BCUT2D eigenvalue weighted by Gasteiger charge is 1.99. The van der Waals surface area contributed by atoms with Gasteiger partial charge in [-0.25, -0.2) is 0 Å². The second kappa shape index (κ2) is 4.76. The van der Waals surface area contributed by atoms with Gasteiger partial charge in [0.25, 0.3) is 0 Å². The van der Waals surface area contributed by atoms with Crippen molar-refractivity contribution in [1.29, 1.82) is 0 Å². The zero-order valence-corrected chi connectivity index (χ0v) is 7.42. The van der Waals surface area contributed by atoms with Crippen molar-refractivity contribution in [3.8, 4) is 0 Å². The molecule has 0 amide bonds. The zero-order valence-electron chi connectivity index (χ0n) is 7.42. The van der Waals surface area contributed by atoms with E-state index in [1.54, 1.807) is 24.3 Å². The molecule has 0 aliphatic carbocycles. The van der Waals surface area contributed by atoms with Crippen molar-refractivity contribution in [2.75, 3.05) is 0 Å². The molecule has 0 saturated carbocycles. The molecule has 0 spiro atoms. The van der Waals surface area contributed by atoms with Crippen LogP contribution in [0.1, 0.15) is 10.4 Å². The highest BCUT2D eigenvalue weighted by molar-refractivity contribution is 6.35. The largest absolute Gasteiger partial charge is 0.369 e. The number of benzene rings is 1. The molecule has 5 heteroatoms. The van der Waals surface area contributed by atoms with Gasteiger partial charge in [-0.1, -0.05) is 30.3 Å². The number of carbonyl (C=O) groups is 1. The summed E-state index contributed by atoms with van der Waals surface area (Å²) >= 11 is 0. The fraction of sp³-hybridized carbons (Fsp3) is 0. The van der Waals surface area contributed by atoms with E-state index in [0.29, 0.717) is 5.56 Å². The molecule has 0 fully saturated rings. The molecular weight excluding hydrogens is 180 g/mol. The second-order valence-electron chi connectivity index (χ2n) is 2.50. The first kappa shape index (κ1) is 9.91. The number of hydrogen-bond donors (Lipinski definition) is 2. The first-order valence-corrected chi connectivity index (χ1v) is 3.91. The van der Waals surface area contributed by atoms with Gasteiger partial charge in [0.05, 0.1) is 6.21 Å². The summed E-state index contributed by atoms with van der Waals surface area (Å²) in [4.78, 5) is 11.3. The quantitative estimate of drug-likeness (QED) is 0.307. The lowest BCUT2D eigenvalue weighted by Gasteiger charge is -1.91. The average Bonchev–Trinajstić information content (AvgIpc) is 2.18. The highest BCUT2D eigenvalue weighted by Crippen LogP contribution is 1.97. The molecule has 1 aromatic rings. The number of nitrogens with zero attached hydrogens (tertiary/aromatic N) is 2. The van der Waals surface area contributed by atoms with Gasteiger partial charge in [-0.05, 0) is 0 Å². The normalized spacial score (nSPS) is 10.0. The molecule has 0 heterocycles. The van der Waals surface area contributed by atoms with Gasteiger partial charge in [0, 0.05) is 5.56 Å². The number of nitrogens with two attached hydrogens (primary N) is 2. The van der Waals surface area contributed by atoms with Gasteiger partial charge in [-0.15, -0.1) is 5.10 Å². The monoisotopic (exact) mass is 190 g/mol. The van der Waals surface area contributed by atoms with E-state index in [2.05, 4.69) is 10.2 Å². The lowest BCUT2D eigenvalue weighted by atomic mass is 10.1. The van der Waals surface area contributed by atoms with Crippen LogP contribution in [0, 0.1) is 0 Å². The van der Waals surface area contributed by atoms with Gasteiger partial charge in [0.1, 0.15) is 0 Å². The van der Waals surface area contributed by atoms with Gasteiger partial charge in [-0.2, -0.15) is 5.10 Å². The molecule has 0 radical (unpaired) electrons. The van der Waals surface area contributed by atoms with Gasteiger partial charge >= 0.3 is 0 Å². The van der Waals surface area contributed by atoms with Crippen molar-refractivity contribution >= 4 is 18.0 Å². The minimum atomic E-state index is -0.240. The summed E-state index contributed by atoms with van der Waals surface area (Å²) in [5, 5.41) is 6.72. The number of hydrogen-bond acceptors (Lipinski definition) is 3. The standard InChI is InChI=1S/C9H10N4O/c10-9(11)13-12-6-8(14)7-4-2-1-3-5-7/h1-6H,(H4,10,11,13)/b12-6+. The summed E-state index contributed by atoms with van der Waals surface area (Å²) in [7, 11) is 0. The molecule has 0 unspecified atom stereocenters. The second-order valence-corrected chi connectivity index (χ2v) is 2.50. The van der Waals surface area contributed by atoms with Crippen LogP contribution >= 0.6 is 0 Å². The van der Waals surface area contributed by atoms with E-state index in [4.69, 9.17) is 11.5 Å². The summed E-state index contributed by atoms with van der Waals surface area (Å²) in [6.45, 7) is 0. The van der Waals surface area contributed by atoms with Crippen LogP contribution < -0.4 is 11.5 Å². The maximum absolute atomic E-state index is 11.3. The van der Waals surface area contributed by atoms with E-state index in [0.717, 1.165) is 6.21 Å². The summed E-state index contributed by atoms with van der Waals surface area (Å²) in [5.74, 6) is -0.419. The van der Waals surface area contributed by atoms with Crippen LogP contribution in [0.4, 0.5) is 0 Å². The lowest BCUT2D eigenvalue weighted by molar-refractivity contribution is 0.107. The van der Waals surface area contributed by atoms with Crippen LogP contribution in [-0.2, 0) is 0 Å². The van der Waals surface area contributed by atoms with E-state index >= 15 is 0 Å². The van der Waals surface area contributed by atoms with E-state index in [1.165, 1.54) is 0 Å².